The Hall–Kier alpha value is -2.49. The van der Waals surface area contributed by atoms with Crippen LogP contribution in [0.15, 0.2) is 48.5 Å². The van der Waals surface area contributed by atoms with E-state index in [1.54, 1.807) is 6.92 Å². The number of ether oxygens (including phenoxy) is 2. The highest BCUT2D eigenvalue weighted by Gasteiger charge is 2.14. The molecule has 0 unspecified atom stereocenters. The summed E-state index contributed by atoms with van der Waals surface area (Å²) in [6, 6.07) is 14.9. The second-order valence-corrected chi connectivity index (χ2v) is 5.02. The third-order valence-corrected chi connectivity index (χ3v) is 3.10. The van der Waals surface area contributed by atoms with Crippen LogP contribution >= 0.6 is 0 Å². The molecule has 0 heterocycles. The number of carbonyl (C=O) groups is 1. The lowest BCUT2D eigenvalue weighted by Crippen LogP contribution is -2.30. The summed E-state index contributed by atoms with van der Waals surface area (Å²) in [6.45, 7) is 6.26. The molecule has 0 aliphatic rings. The second kappa shape index (κ2) is 7.50. The number of aryl methyl sites for hydroxylation is 1. The monoisotopic (exact) mass is 299 g/mol. The molecule has 2 rings (SSSR count). The van der Waals surface area contributed by atoms with Gasteiger partial charge in [-0.2, -0.15) is 0 Å². The lowest BCUT2D eigenvalue weighted by atomic mass is 10.2. The van der Waals surface area contributed by atoms with Gasteiger partial charge < -0.3 is 14.8 Å². The van der Waals surface area contributed by atoms with Gasteiger partial charge in [-0.25, -0.2) is 0 Å². The Morgan fingerprint density at radius 1 is 1.14 bits per heavy atom. The summed E-state index contributed by atoms with van der Waals surface area (Å²) in [5, 5.41) is 2.83. The number of hydrogen-bond acceptors (Lipinski definition) is 3. The molecule has 0 aliphatic carbocycles. The molecule has 116 valence electrons. The number of amides is 1. The third kappa shape index (κ3) is 4.52. The fraction of sp³-hybridized carbons (Fsp3) is 0.278. The lowest BCUT2D eigenvalue weighted by Gasteiger charge is -2.15. The molecule has 2 aromatic carbocycles. The molecule has 1 amide bonds. The van der Waals surface area contributed by atoms with Gasteiger partial charge in [-0.3, -0.25) is 4.79 Å². The second-order valence-electron chi connectivity index (χ2n) is 5.02. The number of anilines is 1. The molecule has 22 heavy (non-hydrogen) atoms. The van der Waals surface area contributed by atoms with Crippen molar-refractivity contribution in [1.29, 1.82) is 0 Å². The summed E-state index contributed by atoms with van der Waals surface area (Å²) in [4.78, 5) is 12.1. The van der Waals surface area contributed by atoms with Crippen molar-refractivity contribution in [2.75, 3.05) is 11.9 Å². The Morgan fingerprint density at radius 3 is 2.50 bits per heavy atom. The van der Waals surface area contributed by atoms with Crippen LogP contribution in [0.1, 0.15) is 19.4 Å². The smallest absolute Gasteiger partial charge is 0.265 e. The SMILES string of the molecule is CCOc1ccc(NC(=O)[C@H](C)Oc2cccc(C)c2)cc1. The molecule has 1 N–H and O–H groups in total. The molecular weight excluding hydrogens is 278 g/mol. The molecule has 1 atom stereocenters. The van der Waals surface area contributed by atoms with E-state index in [0.29, 0.717) is 18.0 Å². The zero-order chi connectivity index (χ0) is 15.9. The average Bonchev–Trinajstić information content (AvgIpc) is 2.49. The third-order valence-electron chi connectivity index (χ3n) is 3.10. The molecule has 0 saturated carbocycles. The normalized spacial score (nSPS) is 11.6. The maximum atomic E-state index is 12.1. The molecular formula is C18H21NO3. The molecule has 0 saturated heterocycles. The first kappa shape index (κ1) is 15.9. The first-order valence-electron chi connectivity index (χ1n) is 7.35. The van der Waals surface area contributed by atoms with Crippen molar-refractivity contribution in [2.24, 2.45) is 0 Å². The van der Waals surface area contributed by atoms with Crippen molar-refractivity contribution in [1.82, 2.24) is 0 Å². The minimum Gasteiger partial charge on any atom is -0.494 e. The largest absolute Gasteiger partial charge is 0.494 e. The fourth-order valence-corrected chi connectivity index (χ4v) is 1.99. The van der Waals surface area contributed by atoms with Crippen molar-refractivity contribution in [3.05, 3.63) is 54.1 Å². The Bertz CT molecular complexity index is 622. The molecule has 0 fully saturated rings. The van der Waals surface area contributed by atoms with Gasteiger partial charge in [0.05, 0.1) is 6.61 Å². The molecule has 4 heteroatoms. The number of rotatable bonds is 6. The number of benzene rings is 2. The van der Waals surface area contributed by atoms with Crippen molar-refractivity contribution >= 4 is 11.6 Å². The van der Waals surface area contributed by atoms with Gasteiger partial charge in [0.15, 0.2) is 6.10 Å². The van der Waals surface area contributed by atoms with Crippen LogP contribution in [-0.2, 0) is 4.79 Å². The summed E-state index contributed by atoms with van der Waals surface area (Å²) in [6.07, 6.45) is -0.576. The summed E-state index contributed by atoms with van der Waals surface area (Å²) >= 11 is 0. The Balaban J connectivity index is 1.93. The van der Waals surface area contributed by atoms with E-state index in [1.807, 2.05) is 62.4 Å². The van der Waals surface area contributed by atoms with E-state index >= 15 is 0 Å². The van der Waals surface area contributed by atoms with Gasteiger partial charge in [0.25, 0.3) is 5.91 Å². The molecule has 0 radical (unpaired) electrons. The first-order valence-corrected chi connectivity index (χ1v) is 7.35. The van der Waals surface area contributed by atoms with Crippen molar-refractivity contribution < 1.29 is 14.3 Å². The summed E-state index contributed by atoms with van der Waals surface area (Å²) in [5.74, 6) is 1.28. The van der Waals surface area contributed by atoms with Crippen LogP contribution in [0.3, 0.4) is 0 Å². The molecule has 0 aromatic heterocycles. The predicted octanol–water partition coefficient (Wildman–Crippen LogP) is 3.80. The van der Waals surface area contributed by atoms with Crippen LogP contribution in [0.25, 0.3) is 0 Å². The van der Waals surface area contributed by atoms with Crippen molar-refractivity contribution in [2.45, 2.75) is 26.9 Å². The highest BCUT2D eigenvalue weighted by molar-refractivity contribution is 5.94. The van der Waals surface area contributed by atoms with Crippen LogP contribution in [0.2, 0.25) is 0 Å². The molecule has 0 aliphatic heterocycles. The number of nitrogens with one attached hydrogen (secondary N) is 1. The standard InChI is InChI=1S/C18H21NO3/c1-4-21-16-10-8-15(9-11-16)19-18(20)14(3)22-17-7-5-6-13(2)12-17/h5-12,14H,4H2,1-3H3,(H,19,20)/t14-/m0/s1. The van der Waals surface area contributed by atoms with Gasteiger partial charge in [-0.05, 0) is 62.7 Å². The van der Waals surface area contributed by atoms with Crippen LogP contribution in [0.4, 0.5) is 5.69 Å². The maximum Gasteiger partial charge on any atom is 0.265 e. The zero-order valence-electron chi connectivity index (χ0n) is 13.1. The van der Waals surface area contributed by atoms with Crippen molar-refractivity contribution in [3.8, 4) is 11.5 Å². The highest BCUT2D eigenvalue weighted by atomic mass is 16.5. The summed E-state index contributed by atoms with van der Waals surface area (Å²) < 4.78 is 11.0. The van der Waals surface area contributed by atoms with Crippen LogP contribution in [0.5, 0.6) is 11.5 Å². The van der Waals surface area contributed by atoms with Gasteiger partial charge >= 0.3 is 0 Å². The van der Waals surface area contributed by atoms with E-state index in [1.165, 1.54) is 0 Å². The van der Waals surface area contributed by atoms with E-state index in [4.69, 9.17) is 9.47 Å². The minimum absolute atomic E-state index is 0.189. The molecule has 0 bridgehead atoms. The topological polar surface area (TPSA) is 47.6 Å². The lowest BCUT2D eigenvalue weighted by molar-refractivity contribution is -0.122. The highest BCUT2D eigenvalue weighted by Crippen LogP contribution is 2.17. The Morgan fingerprint density at radius 2 is 1.86 bits per heavy atom. The van der Waals surface area contributed by atoms with E-state index < -0.39 is 6.10 Å². The average molecular weight is 299 g/mol. The Kier molecular flexibility index (Phi) is 5.42. The van der Waals surface area contributed by atoms with Gasteiger partial charge in [0.2, 0.25) is 0 Å². The van der Waals surface area contributed by atoms with E-state index in [2.05, 4.69) is 5.32 Å². The zero-order valence-corrected chi connectivity index (χ0v) is 13.1. The van der Waals surface area contributed by atoms with E-state index in [0.717, 1.165) is 11.3 Å². The summed E-state index contributed by atoms with van der Waals surface area (Å²) in [5.41, 5.74) is 1.81. The minimum atomic E-state index is -0.576. The van der Waals surface area contributed by atoms with Crippen LogP contribution < -0.4 is 14.8 Å². The van der Waals surface area contributed by atoms with E-state index in [-0.39, 0.29) is 5.91 Å². The van der Waals surface area contributed by atoms with Gasteiger partial charge in [0, 0.05) is 5.69 Å². The quantitative estimate of drug-likeness (QED) is 0.882. The van der Waals surface area contributed by atoms with Crippen molar-refractivity contribution in [3.63, 3.8) is 0 Å². The summed E-state index contributed by atoms with van der Waals surface area (Å²) in [7, 11) is 0. The fourth-order valence-electron chi connectivity index (χ4n) is 1.99. The van der Waals surface area contributed by atoms with Gasteiger partial charge in [0.1, 0.15) is 11.5 Å². The predicted molar refractivity (Wildman–Crippen MR) is 87.5 cm³/mol. The van der Waals surface area contributed by atoms with Crippen LogP contribution in [-0.4, -0.2) is 18.6 Å². The molecule has 4 nitrogen and oxygen atoms in total. The van der Waals surface area contributed by atoms with Crippen LogP contribution in [0, 0.1) is 6.92 Å². The first-order chi connectivity index (χ1) is 10.6. The molecule has 2 aromatic rings. The number of carbonyl (C=O) groups excluding carboxylic acids is 1. The van der Waals surface area contributed by atoms with Gasteiger partial charge in [-0.1, -0.05) is 12.1 Å². The maximum absolute atomic E-state index is 12.1. The number of hydrogen-bond donors (Lipinski definition) is 1. The molecule has 0 spiro atoms. The Labute approximate surface area is 131 Å². The van der Waals surface area contributed by atoms with Gasteiger partial charge in [-0.15, -0.1) is 0 Å². The van der Waals surface area contributed by atoms with E-state index in [9.17, 15) is 4.79 Å².